The normalized spacial score (nSPS) is 11.5. The van der Waals surface area contributed by atoms with Crippen molar-refractivity contribution in [3.05, 3.63) is 60.0 Å². The summed E-state index contributed by atoms with van der Waals surface area (Å²) in [6, 6.07) is 12.2. The number of halogens is 3. The molecular weight excluding hydrogens is 353 g/mol. The summed E-state index contributed by atoms with van der Waals surface area (Å²) in [6.45, 7) is 0. The van der Waals surface area contributed by atoms with E-state index in [1.807, 2.05) is 24.3 Å². The van der Waals surface area contributed by atoms with Crippen molar-refractivity contribution < 1.29 is 22.4 Å². The van der Waals surface area contributed by atoms with Gasteiger partial charge in [0.05, 0.1) is 18.4 Å². The lowest BCUT2D eigenvalue weighted by molar-refractivity contribution is -0.137. The summed E-state index contributed by atoms with van der Waals surface area (Å²) >= 11 is 1.51. The Labute approximate surface area is 146 Å². The molecule has 3 aromatic rings. The van der Waals surface area contributed by atoms with Gasteiger partial charge in [0.25, 0.3) is 0 Å². The lowest BCUT2D eigenvalue weighted by atomic mass is 10.1. The molecule has 130 valence electrons. The molecule has 0 fully saturated rings. The predicted molar refractivity (Wildman–Crippen MR) is 87.3 cm³/mol. The zero-order chi connectivity index (χ0) is 17.9. The first-order valence-corrected chi connectivity index (χ1v) is 8.21. The summed E-state index contributed by atoms with van der Waals surface area (Å²) in [6.07, 6.45) is -4.37. The summed E-state index contributed by atoms with van der Waals surface area (Å²) in [7, 11) is 1.60. The maximum atomic E-state index is 12.6. The maximum absolute atomic E-state index is 12.6. The second kappa shape index (κ2) is 7.18. The van der Waals surface area contributed by atoms with E-state index in [9.17, 15) is 13.2 Å². The van der Waals surface area contributed by atoms with Crippen molar-refractivity contribution in [2.75, 3.05) is 7.11 Å². The fourth-order valence-electron chi connectivity index (χ4n) is 2.06. The van der Waals surface area contributed by atoms with E-state index in [-0.39, 0.29) is 5.82 Å². The van der Waals surface area contributed by atoms with E-state index in [2.05, 4.69) is 10.1 Å². The molecule has 0 aliphatic heterocycles. The summed E-state index contributed by atoms with van der Waals surface area (Å²) in [5.41, 5.74) is -0.243. The van der Waals surface area contributed by atoms with Gasteiger partial charge in [-0.15, -0.1) is 11.8 Å². The summed E-state index contributed by atoms with van der Waals surface area (Å²) in [5.74, 6) is 1.89. The molecule has 0 bridgehead atoms. The van der Waals surface area contributed by atoms with Gasteiger partial charge in [-0.1, -0.05) is 17.3 Å². The van der Waals surface area contributed by atoms with Crippen molar-refractivity contribution in [1.82, 2.24) is 10.1 Å². The van der Waals surface area contributed by atoms with Crippen molar-refractivity contribution in [2.24, 2.45) is 0 Å². The quantitative estimate of drug-likeness (QED) is 0.591. The first kappa shape index (κ1) is 17.3. The monoisotopic (exact) mass is 366 g/mol. The number of rotatable bonds is 5. The molecule has 0 atom stereocenters. The second-order valence-corrected chi connectivity index (χ2v) is 6.10. The van der Waals surface area contributed by atoms with E-state index in [4.69, 9.17) is 9.26 Å². The molecule has 1 aromatic heterocycles. The van der Waals surface area contributed by atoms with E-state index < -0.39 is 11.7 Å². The van der Waals surface area contributed by atoms with Gasteiger partial charge in [-0.25, -0.2) is 0 Å². The first-order chi connectivity index (χ1) is 12.0. The number of ether oxygens (including phenoxy) is 1. The van der Waals surface area contributed by atoms with E-state index in [0.29, 0.717) is 17.2 Å². The molecule has 3 rings (SSSR count). The molecule has 0 amide bonds. The molecule has 0 unspecified atom stereocenters. The smallest absolute Gasteiger partial charge is 0.416 e. The molecular formula is C17H13F3N2O2S. The van der Waals surface area contributed by atoms with Crippen LogP contribution in [0.3, 0.4) is 0 Å². The third-order valence-corrected chi connectivity index (χ3v) is 4.36. The molecule has 25 heavy (non-hydrogen) atoms. The lowest BCUT2D eigenvalue weighted by Gasteiger charge is -2.05. The fourth-order valence-corrected chi connectivity index (χ4v) is 2.79. The number of hydrogen-bond donors (Lipinski definition) is 0. The molecule has 0 aliphatic rings. The fraction of sp³-hybridized carbons (Fsp3) is 0.176. The molecule has 8 heteroatoms. The molecule has 0 radical (unpaired) electrons. The van der Waals surface area contributed by atoms with Crippen LogP contribution in [0.15, 0.2) is 57.9 Å². The van der Waals surface area contributed by atoms with Crippen LogP contribution in [0.25, 0.3) is 11.4 Å². The molecule has 0 spiro atoms. The van der Waals surface area contributed by atoms with Crippen LogP contribution in [0.5, 0.6) is 5.75 Å². The van der Waals surface area contributed by atoms with Crippen molar-refractivity contribution in [1.29, 1.82) is 0 Å². The number of methoxy groups -OCH3 is 1. The highest BCUT2D eigenvalue weighted by atomic mass is 32.2. The zero-order valence-electron chi connectivity index (χ0n) is 13.1. The number of thioether (sulfide) groups is 1. The maximum Gasteiger partial charge on any atom is 0.416 e. The Morgan fingerprint density at radius 1 is 1.04 bits per heavy atom. The van der Waals surface area contributed by atoms with Crippen molar-refractivity contribution in [3.8, 4) is 17.1 Å². The van der Waals surface area contributed by atoms with Gasteiger partial charge in [-0.2, -0.15) is 18.2 Å². The topological polar surface area (TPSA) is 48.2 Å². The van der Waals surface area contributed by atoms with Crippen LogP contribution in [-0.2, 0) is 11.9 Å². The highest BCUT2D eigenvalue weighted by Crippen LogP contribution is 2.31. The summed E-state index contributed by atoms with van der Waals surface area (Å²) in [5, 5.41) is 3.82. The van der Waals surface area contributed by atoms with Gasteiger partial charge < -0.3 is 9.26 Å². The summed E-state index contributed by atoms with van der Waals surface area (Å²) in [4.78, 5) is 5.23. The minimum atomic E-state index is -4.37. The molecule has 0 N–H and O–H groups in total. The standard InChI is InChI=1S/C17H13F3N2O2S/c1-23-13-6-8-14(9-7-13)25-10-15-21-16(22-24-15)11-2-4-12(5-3-11)17(18,19)20/h2-9H,10H2,1H3. The lowest BCUT2D eigenvalue weighted by Crippen LogP contribution is -2.04. The first-order valence-electron chi connectivity index (χ1n) is 7.23. The van der Waals surface area contributed by atoms with Gasteiger partial charge in [0, 0.05) is 10.5 Å². The van der Waals surface area contributed by atoms with Crippen LogP contribution in [-0.4, -0.2) is 17.3 Å². The number of nitrogens with zero attached hydrogens (tertiary/aromatic N) is 2. The highest BCUT2D eigenvalue weighted by Gasteiger charge is 2.30. The van der Waals surface area contributed by atoms with Crippen molar-refractivity contribution in [2.45, 2.75) is 16.8 Å². The molecule has 0 aliphatic carbocycles. The van der Waals surface area contributed by atoms with Crippen LogP contribution in [0.4, 0.5) is 13.2 Å². The van der Waals surface area contributed by atoms with Gasteiger partial charge in [-0.3, -0.25) is 0 Å². The van der Waals surface area contributed by atoms with E-state index in [1.54, 1.807) is 7.11 Å². The van der Waals surface area contributed by atoms with Crippen molar-refractivity contribution >= 4 is 11.8 Å². The molecule has 0 saturated carbocycles. The van der Waals surface area contributed by atoms with E-state index >= 15 is 0 Å². The van der Waals surface area contributed by atoms with E-state index in [1.165, 1.54) is 23.9 Å². The SMILES string of the molecule is COc1ccc(SCc2nc(-c3ccc(C(F)(F)F)cc3)no2)cc1. The van der Waals surface area contributed by atoms with Crippen LogP contribution >= 0.6 is 11.8 Å². The number of alkyl halides is 3. The molecule has 2 aromatic carbocycles. The third-order valence-electron chi connectivity index (χ3n) is 3.36. The summed E-state index contributed by atoms with van der Waals surface area (Å²) < 4.78 is 48.0. The number of hydrogen-bond acceptors (Lipinski definition) is 5. The van der Waals surface area contributed by atoms with Gasteiger partial charge in [-0.05, 0) is 36.4 Å². The van der Waals surface area contributed by atoms with Gasteiger partial charge in [0.15, 0.2) is 0 Å². The van der Waals surface area contributed by atoms with Crippen LogP contribution in [0.1, 0.15) is 11.5 Å². The Morgan fingerprint density at radius 2 is 1.72 bits per heavy atom. The minimum absolute atomic E-state index is 0.263. The average molecular weight is 366 g/mol. The van der Waals surface area contributed by atoms with Crippen LogP contribution in [0, 0.1) is 0 Å². The molecule has 1 heterocycles. The molecule has 0 saturated heterocycles. The second-order valence-electron chi connectivity index (χ2n) is 5.05. The van der Waals surface area contributed by atoms with Crippen LogP contribution in [0.2, 0.25) is 0 Å². The van der Waals surface area contributed by atoms with Gasteiger partial charge >= 0.3 is 6.18 Å². The van der Waals surface area contributed by atoms with Gasteiger partial charge in [0.2, 0.25) is 11.7 Å². The van der Waals surface area contributed by atoms with E-state index in [0.717, 1.165) is 22.8 Å². The minimum Gasteiger partial charge on any atom is -0.497 e. The Hall–Kier alpha value is -2.48. The zero-order valence-corrected chi connectivity index (χ0v) is 13.9. The van der Waals surface area contributed by atoms with Crippen LogP contribution < -0.4 is 4.74 Å². The molecule has 4 nitrogen and oxygen atoms in total. The number of benzene rings is 2. The van der Waals surface area contributed by atoms with Crippen molar-refractivity contribution in [3.63, 3.8) is 0 Å². The highest BCUT2D eigenvalue weighted by molar-refractivity contribution is 7.98. The Balaban J connectivity index is 1.65. The Morgan fingerprint density at radius 3 is 2.32 bits per heavy atom. The third kappa shape index (κ3) is 4.33. The predicted octanol–water partition coefficient (Wildman–Crippen LogP) is 5.06. The largest absolute Gasteiger partial charge is 0.497 e. The van der Waals surface area contributed by atoms with Gasteiger partial charge in [0.1, 0.15) is 5.75 Å². The Bertz CT molecular complexity index is 830. The number of aromatic nitrogens is 2. The average Bonchev–Trinajstić information content (AvgIpc) is 3.09. The Kier molecular flexibility index (Phi) is 4.98.